The molecule has 1 aromatic heterocycles. The highest BCUT2D eigenvalue weighted by Crippen LogP contribution is 2.20. The molecule has 0 bridgehead atoms. The molecule has 3 aromatic rings. The number of sulfonamides is 1. The average Bonchev–Trinajstić information content (AvgIpc) is 3.21. The summed E-state index contributed by atoms with van der Waals surface area (Å²) in [6, 6.07) is 11.2. The minimum atomic E-state index is -3.91. The molecule has 0 fully saturated rings. The fourth-order valence-electron chi connectivity index (χ4n) is 2.52. The van der Waals surface area contributed by atoms with Gasteiger partial charge in [-0.25, -0.2) is 17.9 Å². The summed E-state index contributed by atoms with van der Waals surface area (Å²) in [7, 11) is -1.11. The minimum absolute atomic E-state index is 0.0709. The second-order valence-electron chi connectivity index (χ2n) is 6.03. The van der Waals surface area contributed by atoms with Crippen LogP contribution in [-0.4, -0.2) is 38.7 Å². The summed E-state index contributed by atoms with van der Waals surface area (Å²) in [5, 5.41) is 3.85. The Morgan fingerprint density at radius 3 is 2.52 bits per heavy atom. The van der Waals surface area contributed by atoms with Gasteiger partial charge in [0.1, 0.15) is 5.75 Å². The van der Waals surface area contributed by atoms with Crippen molar-refractivity contribution >= 4 is 16.0 Å². The highest BCUT2D eigenvalue weighted by Gasteiger charge is 2.19. The zero-order chi connectivity index (χ0) is 21.0. The molecule has 0 saturated heterocycles. The average molecular weight is 417 g/mol. The quantitative estimate of drug-likeness (QED) is 0.582. The molecular formula is C19H19N3O6S. The molecule has 0 saturated carbocycles. The second-order valence-corrected chi connectivity index (χ2v) is 7.80. The predicted molar refractivity (Wildman–Crippen MR) is 103 cm³/mol. The first-order valence-electron chi connectivity index (χ1n) is 8.49. The predicted octanol–water partition coefficient (Wildman–Crippen LogP) is 2.32. The van der Waals surface area contributed by atoms with E-state index in [4.69, 9.17) is 9.26 Å². The van der Waals surface area contributed by atoms with Crippen molar-refractivity contribution in [2.24, 2.45) is 0 Å². The van der Waals surface area contributed by atoms with Gasteiger partial charge in [-0.05, 0) is 48.9 Å². The molecule has 0 spiro atoms. The molecule has 29 heavy (non-hydrogen) atoms. The fourth-order valence-corrected chi connectivity index (χ4v) is 3.52. The Bertz CT molecular complexity index is 1120. The Labute approximate surface area is 167 Å². The van der Waals surface area contributed by atoms with E-state index in [2.05, 4.69) is 19.6 Å². The van der Waals surface area contributed by atoms with Gasteiger partial charge in [0.15, 0.2) is 0 Å². The van der Waals surface area contributed by atoms with E-state index >= 15 is 0 Å². The van der Waals surface area contributed by atoms with Gasteiger partial charge in [-0.3, -0.25) is 0 Å². The zero-order valence-corrected chi connectivity index (χ0v) is 16.8. The van der Waals surface area contributed by atoms with Gasteiger partial charge in [-0.15, -0.1) is 0 Å². The number of aromatic nitrogens is 2. The van der Waals surface area contributed by atoms with Crippen molar-refractivity contribution in [3.8, 4) is 17.1 Å². The van der Waals surface area contributed by atoms with E-state index < -0.39 is 16.0 Å². The van der Waals surface area contributed by atoms with Crippen LogP contribution in [0.5, 0.6) is 5.75 Å². The van der Waals surface area contributed by atoms with Crippen molar-refractivity contribution in [1.82, 2.24) is 14.9 Å². The van der Waals surface area contributed by atoms with Gasteiger partial charge < -0.3 is 14.0 Å². The SMILES string of the molecule is COC(=O)c1cc(S(=O)(=O)NCc2nc(-c3ccc(OC)cc3)no2)ccc1C. The lowest BCUT2D eigenvalue weighted by Crippen LogP contribution is -2.24. The number of rotatable bonds is 7. The molecule has 0 amide bonds. The van der Waals surface area contributed by atoms with Crippen LogP contribution in [0.4, 0.5) is 0 Å². The van der Waals surface area contributed by atoms with Gasteiger partial charge >= 0.3 is 5.97 Å². The molecule has 3 rings (SSSR count). The summed E-state index contributed by atoms with van der Waals surface area (Å²) in [6.45, 7) is 1.49. The number of carbonyl (C=O) groups is 1. The molecule has 2 aromatic carbocycles. The maximum Gasteiger partial charge on any atom is 0.338 e. The number of methoxy groups -OCH3 is 2. The van der Waals surface area contributed by atoms with Crippen molar-refractivity contribution in [1.29, 1.82) is 0 Å². The summed E-state index contributed by atoms with van der Waals surface area (Å²) in [4.78, 5) is 15.9. The first-order valence-corrected chi connectivity index (χ1v) is 9.98. The Balaban J connectivity index is 1.74. The Hall–Kier alpha value is -3.24. The van der Waals surface area contributed by atoms with E-state index in [1.54, 1.807) is 38.3 Å². The molecule has 9 nitrogen and oxygen atoms in total. The smallest absolute Gasteiger partial charge is 0.338 e. The number of ether oxygens (including phenoxy) is 2. The normalized spacial score (nSPS) is 11.3. The Morgan fingerprint density at radius 1 is 1.14 bits per heavy atom. The van der Waals surface area contributed by atoms with Crippen LogP contribution in [0.3, 0.4) is 0 Å². The number of aryl methyl sites for hydroxylation is 1. The molecule has 0 atom stereocenters. The molecule has 1 N–H and O–H groups in total. The van der Waals surface area contributed by atoms with Gasteiger partial charge in [0.05, 0.1) is 31.2 Å². The molecule has 0 aliphatic carbocycles. The molecule has 1 heterocycles. The van der Waals surface area contributed by atoms with Gasteiger partial charge in [0, 0.05) is 5.56 Å². The highest BCUT2D eigenvalue weighted by atomic mass is 32.2. The van der Waals surface area contributed by atoms with Gasteiger partial charge in [0.2, 0.25) is 21.7 Å². The maximum atomic E-state index is 12.6. The van der Waals surface area contributed by atoms with Crippen molar-refractivity contribution < 1.29 is 27.2 Å². The molecule has 0 unspecified atom stereocenters. The molecular weight excluding hydrogens is 398 g/mol. The number of esters is 1. The Kier molecular flexibility index (Phi) is 5.95. The van der Waals surface area contributed by atoms with Crippen LogP contribution >= 0.6 is 0 Å². The lowest BCUT2D eigenvalue weighted by molar-refractivity contribution is 0.0599. The number of hydrogen-bond donors (Lipinski definition) is 1. The monoisotopic (exact) mass is 417 g/mol. The summed E-state index contributed by atoms with van der Waals surface area (Å²) in [6.07, 6.45) is 0. The van der Waals surface area contributed by atoms with Crippen molar-refractivity contribution in [2.75, 3.05) is 14.2 Å². The van der Waals surface area contributed by atoms with Crippen molar-refractivity contribution in [3.05, 3.63) is 59.5 Å². The standard InChI is InChI=1S/C19H19N3O6S/c1-12-4-9-15(10-16(12)19(23)27-3)29(24,25)20-11-17-21-18(22-28-17)13-5-7-14(26-2)8-6-13/h4-10,20H,11H2,1-3H3. The largest absolute Gasteiger partial charge is 0.497 e. The van der Waals surface area contributed by atoms with Gasteiger partial charge in [0.25, 0.3) is 0 Å². The van der Waals surface area contributed by atoms with E-state index in [9.17, 15) is 13.2 Å². The first kappa shape index (κ1) is 20.5. The number of benzene rings is 2. The maximum absolute atomic E-state index is 12.6. The van der Waals surface area contributed by atoms with E-state index in [-0.39, 0.29) is 22.9 Å². The van der Waals surface area contributed by atoms with Crippen LogP contribution < -0.4 is 9.46 Å². The number of nitrogens with one attached hydrogen (secondary N) is 1. The molecule has 0 aliphatic rings. The molecule has 10 heteroatoms. The second kappa shape index (κ2) is 8.41. The third-order valence-electron chi connectivity index (χ3n) is 4.15. The minimum Gasteiger partial charge on any atom is -0.497 e. The van der Waals surface area contributed by atoms with Gasteiger partial charge in [-0.2, -0.15) is 4.98 Å². The van der Waals surface area contributed by atoms with Crippen LogP contribution in [-0.2, 0) is 21.3 Å². The zero-order valence-electron chi connectivity index (χ0n) is 16.0. The van der Waals surface area contributed by atoms with Crippen molar-refractivity contribution in [3.63, 3.8) is 0 Å². The van der Waals surface area contributed by atoms with E-state index in [0.717, 1.165) is 0 Å². The number of nitrogens with zero attached hydrogens (tertiary/aromatic N) is 2. The molecule has 0 radical (unpaired) electrons. The third kappa shape index (κ3) is 4.61. The van der Waals surface area contributed by atoms with Crippen molar-refractivity contribution in [2.45, 2.75) is 18.4 Å². The van der Waals surface area contributed by atoms with E-state index in [1.807, 2.05) is 0 Å². The number of hydrogen-bond acceptors (Lipinski definition) is 8. The van der Waals surface area contributed by atoms with Crippen LogP contribution in [0, 0.1) is 6.92 Å². The molecule has 0 aliphatic heterocycles. The molecule has 152 valence electrons. The van der Waals surface area contributed by atoms with E-state index in [0.29, 0.717) is 22.7 Å². The first-order chi connectivity index (χ1) is 13.8. The summed E-state index contributed by atoms with van der Waals surface area (Å²) >= 11 is 0. The van der Waals surface area contributed by atoms with Crippen LogP contribution in [0.15, 0.2) is 51.9 Å². The van der Waals surface area contributed by atoms with Crippen LogP contribution in [0.2, 0.25) is 0 Å². The summed E-state index contributed by atoms with van der Waals surface area (Å²) in [5.41, 5.74) is 1.48. The highest BCUT2D eigenvalue weighted by molar-refractivity contribution is 7.89. The third-order valence-corrected chi connectivity index (χ3v) is 5.55. The fraction of sp³-hybridized carbons (Fsp3) is 0.211. The number of carbonyl (C=O) groups excluding carboxylic acids is 1. The summed E-state index contributed by atoms with van der Waals surface area (Å²) < 4.78 is 42.4. The lowest BCUT2D eigenvalue weighted by atomic mass is 10.1. The topological polar surface area (TPSA) is 121 Å². The van der Waals surface area contributed by atoms with Crippen LogP contribution in [0.25, 0.3) is 11.4 Å². The van der Waals surface area contributed by atoms with Gasteiger partial charge in [-0.1, -0.05) is 11.2 Å². The van der Waals surface area contributed by atoms with Crippen LogP contribution in [0.1, 0.15) is 21.8 Å². The Morgan fingerprint density at radius 2 is 1.86 bits per heavy atom. The lowest BCUT2D eigenvalue weighted by Gasteiger charge is -2.08. The van der Waals surface area contributed by atoms with E-state index in [1.165, 1.54) is 25.3 Å². The summed E-state index contributed by atoms with van der Waals surface area (Å²) in [5.74, 6) is 0.500.